The molecule has 0 atom stereocenters. The van der Waals surface area contributed by atoms with E-state index < -0.39 is 0 Å². The molecule has 0 spiro atoms. The fourth-order valence-electron chi connectivity index (χ4n) is 4.36. The summed E-state index contributed by atoms with van der Waals surface area (Å²) in [5, 5.41) is 0.861. The van der Waals surface area contributed by atoms with Crippen LogP contribution in [0.2, 0.25) is 0 Å². The van der Waals surface area contributed by atoms with Crippen LogP contribution in [0.1, 0.15) is 24.0 Å². The first-order valence-electron chi connectivity index (χ1n) is 11.2. The Hall–Kier alpha value is -3.11. The molecule has 1 amide bonds. The SMILES string of the molecule is O=C1N=C(N2CCC(Cc3ccccc3)CC2)S/C1=C\c1ccc(-c2ccccc2)cc1. The molecule has 2 aliphatic heterocycles. The van der Waals surface area contributed by atoms with Gasteiger partial charge in [-0.3, -0.25) is 4.79 Å². The van der Waals surface area contributed by atoms with E-state index in [9.17, 15) is 4.79 Å². The van der Waals surface area contributed by atoms with Crippen molar-refractivity contribution < 1.29 is 4.79 Å². The molecule has 0 bridgehead atoms. The van der Waals surface area contributed by atoms with Crippen LogP contribution in [0.3, 0.4) is 0 Å². The summed E-state index contributed by atoms with van der Waals surface area (Å²) in [5.41, 5.74) is 4.81. The second-order valence-electron chi connectivity index (χ2n) is 8.42. The highest BCUT2D eigenvalue weighted by Crippen LogP contribution is 2.33. The molecule has 5 rings (SSSR count). The molecule has 0 aromatic heterocycles. The number of aliphatic imine (C=N–C) groups is 1. The highest BCUT2D eigenvalue weighted by atomic mass is 32.2. The zero-order chi connectivity index (χ0) is 21.8. The van der Waals surface area contributed by atoms with Crippen molar-refractivity contribution in [3.63, 3.8) is 0 Å². The summed E-state index contributed by atoms with van der Waals surface area (Å²) in [6.45, 7) is 1.94. The third kappa shape index (κ3) is 4.86. The van der Waals surface area contributed by atoms with E-state index in [0.29, 0.717) is 10.8 Å². The molecular weight excluding hydrogens is 412 g/mol. The van der Waals surface area contributed by atoms with Gasteiger partial charge in [-0.2, -0.15) is 4.99 Å². The maximum Gasteiger partial charge on any atom is 0.286 e. The minimum atomic E-state index is -0.122. The van der Waals surface area contributed by atoms with Gasteiger partial charge in [-0.05, 0) is 65.3 Å². The number of rotatable bonds is 4. The first kappa shape index (κ1) is 20.8. The Morgan fingerprint density at radius 1 is 0.844 bits per heavy atom. The highest BCUT2D eigenvalue weighted by molar-refractivity contribution is 8.18. The molecule has 1 saturated heterocycles. The number of benzene rings is 3. The third-order valence-electron chi connectivity index (χ3n) is 6.18. The van der Waals surface area contributed by atoms with E-state index in [2.05, 4.69) is 76.6 Å². The molecule has 2 heterocycles. The normalized spacial score (nSPS) is 18.2. The number of nitrogens with zero attached hydrogens (tertiary/aromatic N) is 2. The summed E-state index contributed by atoms with van der Waals surface area (Å²) in [4.78, 5) is 19.9. The van der Waals surface area contributed by atoms with Crippen LogP contribution in [0.4, 0.5) is 0 Å². The van der Waals surface area contributed by atoms with Crippen molar-refractivity contribution in [2.45, 2.75) is 19.3 Å². The standard InChI is InChI=1S/C28H26N2OS/c31-27-26(20-22-11-13-25(14-12-22)24-9-5-2-6-10-24)32-28(29-27)30-17-15-23(16-18-30)19-21-7-3-1-4-8-21/h1-14,20,23H,15-19H2/b26-20-. The van der Waals surface area contributed by atoms with Crippen molar-refractivity contribution in [3.8, 4) is 11.1 Å². The lowest BCUT2D eigenvalue weighted by molar-refractivity contribution is -0.113. The minimum Gasteiger partial charge on any atom is -0.351 e. The second-order valence-corrected chi connectivity index (χ2v) is 9.43. The van der Waals surface area contributed by atoms with Crippen LogP contribution < -0.4 is 0 Å². The van der Waals surface area contributed by atoms with Crippen LogP contribution in [-0.4, -0.2) is 29.1 Å². The van der Waals surface area contributed by atoms with Crippen LogP contribution in [0, 0.1) is 5.92 Å². The first-order chi connectivity index (χ1) is 15.7. The van der Waals surface area contributed by atoms with Gasteiger partial charge in [-0.15, -0.1) is 0 Å². The molecule has 160 valence electrons. The zero-order valence-electron chi connectivity index (χ0n) is 18.0. The molecule has 0 saturated carbocycles. The number of amidine groups is 1. The first-order valence-corrected chi connectivity index (χ1v) is 12.0. The lowest BCUT2D eigenvalue weighted by atomic mass is 9.90. The lowest BCUT2D eigenvalue weighted by Crippen LogP contribution is -2.37. The highest BCUT2D eigenvalue weighted by Gasteiger charge is 2.29. The van der Waals surface area contributed by atoms with E-state index in [1.54, 1.807) is 0 Å². The summed E-state index contributed by atoms with van der Waals surface area (Å²) >= 11 is 1.51. The Kier molecular flexibility index (Phi) is 6.22. The van der Waals surface area contributed by atoms with Gasteiger partial charge >= 0.3 is 0 Å². The van der Waals surface area contributed by atoms with Crippen LogP contribution in [0.25, 0.3) is 17.2 Å². The zero-order valence-corrected chi connectivity index (χ0v) is 18.8. The molecule has 3 aromatic rings. The van der Waals surface area contributed by atoms with Gasteiger partial charge in [0.15, 0.2) is 5.17 Å². The van der Waals surface area contributed by atoms with Crippen LogP contribution in [0.5, 0.6) is 0 Å². The molecular formula is C28H26N2OS. The third-order valence-corrected chi connectivity index (χ3v) is 7.22. The average Bonchev–Trinajstić information content (AvgIpc) is 3.21. The molecule has 0 unspecified atom stereocenters. The second kappa shape index (κ2) is 9.58. The number of piperidine rings is 1. The molecule has 4 heteroatoms. The van der Waals surface area contributed by atoms with Gasteiger partial charge in [0.25, 0.3) is 5.91 Å². The summed E-state index contributed by atoms with van der Waals surface area (Å²) in [5.74, 6) is 0.582. The molecule has 32 heavy (non-hydrogen) atoms. The van der Waals surface area contributed by atoms with E-state index in [1.165, 1.54) is 28.5 Å². The largest absolute Gasteiger partial charge is 0.351 e. The number of hydrogen-bond acceptors (Lipinski definition) is 3. The molecule has 0 N–H and O–H groups in total. The Labute approximate surface area is 193 Å². The van der Waals surface area contributed by atoms with Crippen molar-refractivity contribution >= 4 is 28.9 Å². The average molecular weight is 439 g/mol. The van der Waals surface area contributed by atoms with Crippen molar-refractivity contribution in [3.05, 3.63) is 101 Å². The van der Waals surface area contributed by atoms with Crippen LogP contribution in [-0.2, 0) is 11.2 Å². The van der Waals surface area contributed by atoms with Crippen molar-refractivity contribution in [1.82, 2.24) is 4.90 Å². The van der Waals surface area contributed by atoms with E-state index in [0.717, 1.165) is 43.1 Å². The van der Waals surface area contributed by atoms with E-state index in [-0.39, 0.29) is 5.91 Å². The van der Waals surface area contributed by atoms with E-state index >= 15 is 0 Å². The topological polar surface area (TPSA) is 32.7 Å². The number of carbonyl (C=O) groups excluding carboxylic acids is 1. The van der Waals surface area contributed by atoms with Gasteiger partial charge < -0.3 is 4.90 Å². The molecule has 0 radical (unpaired) electrons. The Balaban J connectivity index is 1.19. The molecule has 3 aromatic carbocycles. The molecule has 2 aliphatic rings. The number of amides is 1. The monoisotopic (exact) mass is 438 g/mol. The Bertz CT molecular complexity index is 1130. The number of hydrogen-bond donors (Lipinski definition) is 0. The fourth-order valence-corrected chi connectivity index (χ4v) is 5.33. The fraction of sp³-hybridized carbons (Fsp3) is 0.214. The molecule has 0 aliphatic carbocycles. The summed E-state index contributed by atoms with van der Waals surface area (Å²) in [7, 11) is 0. The van der Waals surface area contributed by atoms with Gasteiger partial charge in [0.05, 0.1) is 4.91 Å². The summed E-state index contributed by atoms with van der Waals surface area (Å²) in [6.07, 6.45) is 5.38. The molecule has 1 fully saturated rings. The minimum absolute atomic E-state index is 0.122. The number of carbonyl (C=O) groups is 1. The quantitative estimate of drug-likeness (QED) is 0.450. The van der Waals surface area contributed by atoms with Gasteiger partial charge in [0.2, 0.25) is 0 Å². The van der Waals surface area contributed by atoms with E-state index in [1.807, 2.05) is 24.3 Å². The summed E-state index contributed by atoms with van der Waals surface area (Å²) in [6, 6.07) is 29.4. The number of thioether (sulfide) groups is 1. The number of likely N-dealkylation sites (tertiary alicyclic amines) is 1. The smallest absolute Gasteiger partial charge is 0.286 e. The maximum absolute atomic E-state index is 12.5. The van der Waals surface area contributed by atoms with Crippen molar-refractivity contribution in [1.29, 1.82) is 0 Å². The Morgan fingerprint density at radius 2 is 1.47 bits per heavy atom. The van der Waals surface area contributed by atoms with Crippen molar-refractivity contribution in [2.24, 2.45) is 10.9 Å². The summed E-state index contributed by atoms with van der Waals surface area (Å²) < 4.78 is 0. The van der Waals surface area contributed by atoms with Gasteiger partial charge in [-0.1, -0.05) is 84.9 Å². The van der Waals surface area contributed by atoms with Crippen molar-refractivity contribution in [2.75, 3.05) is 13.1 Å². The van der Waals surface area contributed by atoms with Crippen LogP contribution in [0.15, 0.2) is 94.8 Å². The maximum atomic E-state index is 12.5. The van der Waals surface area contributed by atoms with Gasteiger partial charge in [-0.25, -0.2) is 0 Å². The predicted molar refractivity (Wildman–Crippen MR) is 134 cm³/mol. The van der Waals surface area contributed by atoms with Gasteiger partial charge in [0.1, 0.15) is 0 Å². The van der Waals surface area contributed by atoms with E-state index in [4.69, 9.17) is 0 Å². The lowest BCUT2D eigenvalue weighted by Gasteiger charge is -2.32. The molecule has 3 nitrogen and oxygen atoms in total. The van der Waals surface area contributed by atoms with Gasteiger partial charge in [0, 0.05) is 13.1 Å². The van der Waals surface area contributed by atoms with Crippen LogP contribution >= 0.6 is 11.8 Å². The Morgan fingerprint density at radius 3 is 2.16 bits per heavy atom. The predicted octanol–water partition coefficient (Wildman–Crippen LogP) is 6.28.